The summed E-state index contributed by atoms with van der Waals surface area (Å²) in [7, 11) is 1.36. The lowest BCUT2D eigenvalue weighted by Crippen LogP contribution is -2.35. The number of pyridine rings is 1. The van der Waals surface area contributed by atoms with E-state index in [-0.39, 0.29) is 11.9 Å². The van der Waals surface area contributed by atoms with Crippen LogP contribution in [0.1, 0.15) is 65.9 Å². The van der Waals surface area contributed by atoms with Crippen molar-refractivity contribution in [3.8, 4) is 5.69 Å². The molecule has 33 heavy (non-hydrogen) atoms. The van der Waals surface area contributed by atoms with Gasteiger partial charge >= 0.3 is 5.97 Å². The molecule has 0 aliphatic carbocycles. The minimum absolute atomic E-state index is 0.0253. The molecule has 7 heteroatoms. The number of aryl methyl sites for hydroxylation is 1. The molecule has 0 bridgehead atoms. The second-order valence-corrected chi connectivity index (χ2v) is 9.31. The quantitative estimate of drug-likeness (QED) is 0.572. The van der Waals surface area contributed by atoms with Crippen LogP contribution in [0.5, 0.6) is 0 Å². The van der Waals surface area contributed by atoms with Crippen molar-refractivity contribution < 1.29 is 19.4 Å². The summed E-state index contributed by atoms with van der Waals surface area (Å²) in [5.41, 5.74) is 2.83. The molecule has 0 spiro atoms. The third kappa shape index (κ3) is 5.09. The summed E-state index contributed by atoms with van der Waals surface area (Å²) in [6.07, 6.45) is 6.11. The van der Waals surface area contributed by atoms with Gasteiger partial charge in [0.1, 0.15) is 5.65 Å². The highest BCUT2D eigenvalue weighted by Gasteiger charge is 2.21. The summed E-state index contributed by atoms with van der Waals surface area (Å²) >= 11 is 0. The summed E-state index contributed by atoms with van der Waals surface area (Å²) in [6, 6.07) is 11.1. The van der Waals surface area contributed by atoms with Gasteiger partial charge in [-0.3, -0.25) is 9.36 Å². The van der Waals surface area contributed by atoms with E-state index in [1.807, 2.05) is 33.7 Å². The Hall–Kier alpha value is -3.19. The zero-order valence-corrected chi connectivity index (χ0v) is 19.5. The predicted molar refractivity (Wildman–Crippen MR) is 127 cm³/mol. The number of carbonyl (C=O) groups excluding carboxylic acids is 2. The summed E-state index contributed by atoms with van der Waals surface area (Å²) in [5, 5.41) is 11.2. The summed E-state index contributed by atoms with van der Waals surface area (Å²) in [4.78, 5) is 31.4. The number of piperidine rings is 1. The van der Waals surface area contributed by atoms with Gasteiger partial charge in [0, 0.05) is 36.1 Å². The van der Waals surface area contributed by atoms with Gasteiger partial charge in [-0.15, -0.1) is 0 Å². The Morgan fingerprint density at radius 3 is 2.39 bits per heavy atom. The first-order valence-electron chi connectivity index (χ1n) is 11.5. The van der Waals surface area contributed by atoms with Crippen LogP contribution in [0.15, 0.2) is 42.6 Å². The molecule has 174 valence electrons. The molecule has 1 saturated heterocycles. The number of methoxy groups -OCH3 is 1. The van der Waals surface area contributed by atoms with Gasteiger partial charge in [0.25, 0.3) is 5.91 Å². The average molecular weight is 450 g/mol. The molecule has 2 aromatic heterocycles. The van der Waals surface area contributed by atoms with E-state index >= 15 is 0 Å². The van der Waals surface area contributed by atoms with Crippen molar-refractivity contribution in [3.05, 3.63) is 59.4 Å². The minimum atomic E-state index is -0.807. The van der Waals surface area contributed by atoms with E-state index in [9.17, 15) is 14.7 Å². The zero-order chi connectivity index (χ0) is 23.6. The number of ether oxygens (including phenoxy) is 1. The van der Waals surface area contributed by atoms with Crippen LogP contribution < -0.4 is 0 Å². The van der Waals surface area contributed by atoms with Gasteiger partial charge in [0.05, 0.1) is 23.8 Å². The molecule has 4 rings (SSSR count). The molecule has 1 amide bonds. The number of rotatable bonds is 6. The Labute approximate surface area is 194 Å². The van der Waals surface area contributed by atoms with Crippen molar-refractivity contribution in [1.29, 1.82) is 0 Å². The minimum Gasteiger partial charge on any atom is -0.465 e. The normalized spacial score (nSPS) is 14.5. The van der Waals surface area contributed by atoms with E-state index in [0.717, 1.165) is 48.3 Å². The second-order valence-electron chi connectivity index (χ2n) is 9.31. The molecule has 0 unspecified atom stereocenters. The van der Waals surface area contributed by atoms with Gasteiger partial charge in [-0.2, -0.15) is 0 Å². The molecule has 1 aromatic carbocycles. The molecule has 0 saturated carbocycles. The summed E-state index contributed by atoms with van der Waals surface area (Å²) < 4.78 is 6.83. The molecule has 1 aliphatic heterocycles. The fourth-order valence-corrected chi connectivity index (χ4v) is 4.31. The number of esters is 1. The number of carbonyl (C=O) groups is 2. The van der Waals surface area contributed by atoms with Crippen LogP contribution in [-0.2, 0) is 11.2 Å². The zero-order valence-electron chi connectivity index (χ0n) is 19.5. The average Bonchev–Trinajstić information content (AvgIpc) is 3.19. The lowest BCUT2D eigenvalue weighted by molar-refractivity contribution is 0.0599. The largest absolute Gasteiger partial charge is 0.465 e. The number of amides is 1. The van der Waals surface area contributed by atoms with Crippen LogP contribution in [0.2, 0.25) is 0 Å². The van der Waals surface area contributed by atoms with Crippen molar-refractivity contribution in [2.75, 3.05) is 20.2 Å². The number of aliphatic hydroxyl groups is 1. The highest BCUT2D eigenvalue weighted by Crippen LogP contribution is 2.27. The Kier molecular flexibility index (Phi) is 6.51. The van der Waals surface area contributed by atoms with Crippen LogP contribution >= 0.6 is 0 Å². The first kappa shape index (κ1) is 23.0. The van der Waals surface area contributed by atoms with Crippen LogP contribution in [0.25, 0.3) is 16.7 Å². The van der Waals surface area contributed by atoms with Gasteiger partial charge < -0.3 is 14.7 Å². The molecule has 1 N–H and O–H groups in total. The van der Waals surface area contributed by atoms with Crippen molar-refractivity contribution in [2.45, 2.75) is 51.6 Å². The van der Waals surface area contributed by atoms with E-state index in [1.165, 1.54) is 13.5 Å². The maximum atomic E-state index is 13.0. The van der Waals surface area contributed by atoms with Crippen molar-refractivity contribution in [1.82, 2.24) is 14.5 Å². The van der Waals surface area contributed by atoms with Crippen LogP contribution in [0, 0.1) is 0 Å². The number of hydrogen-bond acceptors (Lipinski definition) is 5. The number of nitrogens with zero attached hydrogens (tertiary/aromatic N) is 3. The van der Waals surface area contributed by atoms with E-state index in [0.29, 0.717) is 24.0 Å². The topological polar surface area (TPSA) is 84.7 Å². The summed E-state index contributed by atoms with van der Waals surface area (Å²) in [6.45, 7) is 5.17. The number of aromatic nitrogens is 2. The highest BCUT2D eigenvalue weighted by molar-refractivity contribution is 5.97. The van der Waals surface area contributed by atoms with E-state index in [2.05, 4.69) is 4.98 Å². The van der Waals surface area contributed by atoms with E-state index in [1.54, 1.807) is 32.2 Å². The van der Waals surface area contributed by atoms with E-state index < -0.39 is 5.60 Å². The van der Waals surface area contributed by atoms with Crippen molar-refractivity contribution in [3.63, 3.8) is 0 Å². The van der Waals surface area contributed by atoms with Gasteiger partial charge in [-0.05, 0) is 82.3 Å². The number of likely N-dealkylation sites (tertiary alicyclic amines) is 1. The predicted octanol–water partition coefficient (Wildman–Crippen LogP) is 4.14. The maximum Gasteiger partial charge on any atom is 0.337 e. The Bertz CT molecular complexity index is 1150. The fraction of sp³-hybridized carbons (Fsp3) is 0.423. The lowest BCUT2D eigenvalue weighted by atomic mass is 10.0. The number of hydrogen-bond donors (Lipinski definition) is 1. The number of fused-ring (bicyclic) bond motifs is 1. The molecule has 1 aliphatic rings. The molecular weight excluding hydrogens is 418 g/mol. The second kappa shape index (κ2) is 9.35. The first-order valence-corrected chi connectivity index (χ1v) is 11.5. The smallest absolute Gasteiger partial charge is 0.337 e. The van der Waals surface area contributed by atoms with Gasteiger partial charge in [-0.25, -0.2) is 9.78 Å². The monoisotopic (exact) mass is 449 g/mol. The Balaban J connectivity index is 1.74. The number of benzene rings is 1. The van der Waals surface area contributed by atoms with Crippen LogP contribution in [0.3, 0.4) is 0 Å². The van der Waals surface area contributed by atoms with Crippen LogP contribution in [-0.4, -0.2) is 57.2 Å². The van der Waals surface area contributed by atoms with Gasteiger partial charge in [0.2, 0.25) is 0 Å². The van der Waals surface area contributed by atoms with Crippen molar-refractivity contribution >= 4 is 22.9 Å². The van der Waals surface area contributed by atoms with Crippen LogP contribution in [0.4, 0.5) is 0 Å². The Morgan fingerprint density at radius 2 is 1.76 bits per heavy atom. The summed E-state index contributed by atoms with van der Waals surface area (Å²) in [5.74, 6) is -0.363. The first-order chi connectivity index (χ1) is 15.8. The third-order valence-electron chi connectivity index (χ3n) is 6.15. The lowest BCUT2D eigenvalue weighted by Gasteiger charge is -2.26. The maximum absolute atomic E-state index is 13.0. The van der Waals surface area contributed by atoms with Gasteiger partial charge in [-0.1, -0.05) is 0 Å². The fourth-order valence-electron chi connectivity index (χ4n) is 4.31. The Morgan fingerprint density at radius 1 is 1.06 bits per heavy atom. The highest BCUT2D eigenvalue weighted by atomic mass is 16.5. The molecule has 1 fully saturated rings. The molecule has 0 radical (unpaired) electrons. The molecule has 3 heterocycles. The molecule has 0 atom stereocenters. The van der Waals surface area contributed by atoms with Gasteiger partial charge in [0.15, 0.2) is 0 Å². The molecule has 7 nitrogen and oxygen atoms in total. The third-order valence-corrected chi connectivity index (χ3v) is 6.15. The molecule has 3 aromatic rings. The van der Waals surface area contributed by atoms with Crippen molar-refractivity contribution in [2.24, 2.45) is 0 Å². The SMILES string of the molecule is COC(=O)c1ccc(-n2c(CCC(C)(C)O)cc3cc(C(=O)N4CCCCC4)cnc32)cc1. The standard InChI is InChI=1S/C26H31N3O4/c1-26(2,32)12-11-22-16-19-15-20(24(30)28-13-5-4-6-14-28)17-27-23(19)29(22)21-9-7-18(8-10-21)25(31)33-3/h7-10,15-17,32H,4-6,11-14H2,1-3H3. The molecular formula is C26H31N3O4. The van der Waals surface area contributed by atoms with E-state index in [4.69, 9.17) is 4.74 Å².